The number of methoxy groups -OCH3 is 1. The number of amides is 1. The average molecular weight is 736 g/mol. The third-order valence-corrected chi connectivity index (χ3v) is 10.3. The number of rotatable bonds is 10. The van der Waals surface area contributed by atoms with E-state index in [4.69, 9.17) is 14.2 Å². The molecule has 1 aliphatic rings. The summed E-state index contributed by atoms with van der Waals surface area (Å²) in [5.74, 6) is 0.109. The van der Waals surface area contributed by atoms with Crippen molar-refractivity contribution in [2.24, 2.45) is 5.92 Å². The number of fused-ring (bicyclic) bond motifs is 1. The van der Waals surface area contributed by atoms with Crippen molar-refractivity contribution in [2.75, 3.05) is 45.2 Å². The molecule has 4 atom stereocenters. The number of aliphatic hydroxyl groups excluding tert-OH is 1. The maximum atomic E-state index is 14.4. The number of nitrogens with one attached hydrogen (secondary N) is 1. The van der Waals surface area contributed by atoms with Crippen LogP contribution in [0.1, 0.15) is 61.5 Å². The topological polar surface area (TPSA) is 118 Å². The molecule has 0 unspecified atom stereocenters. The third-order valence-electron chi connectivity index (χ3n) is 8.90. The van der Waals surface area contributed by atoms with Crippen LogP contribution < -0.4 is 14.2 Å². The number of halogens is 3. The molecule has 51 heavy (non-hydrogen) atoms. The lowest BCUT2D eigenvalue weighted by Crippen LogP contribution is -2.47. The van der Waals surface area contributed by atoms with Crippen molar-refractivity contribution < 1.29 is 45.7 Å². The van der Waals surface area contributed by atoms with E-state index in [-0.39, 0.29) is 47.4 Å². The highest BCUT2D eigenvalue weighted by molar-refractivity contribution is 7.92. The first-order valence-corrected chi connectivity index (χ1v) is 18.4. The quantitative estimate of drug-likeness (QED) is 0.245. The summed E-state index contributed by atoms with van der Waals surface area (Å²) in [7, 11) is -0.672. The van der Waals surface area contributed by atoms with E-state index in [2.05, 4.69) is 4.72 Å². The lowest BCUT2D eigenvalue weighted by Gasteiger charge is -2.36. The number of nitrogens with zero attached hydrogens (tertiary/aromatic N) is 2. The normalized spacial score (nSPS) is 20.2. The van der Waals surface area contributed by atoms with E-state index in [1.807, 2.05) is 25.8 Å². The molecular weight excluding hydrogens is 687 g/mol. The Morgan fingerprint density at radius 1 is 1.06 bits per heavy atom. The summed E-state index contributed by atoms with van der Waals surface area (Å²) in [4.78, 5) is 17.9. The van der Waals surface area contributed by atoms with Gasteiger partial charge in [0, 0.05) is 37.8 Å². The highest BCUT2D eigenvalue weighted by atomic mass is 32.2. The molecule has 0 saturated carbocycles. The van der Waals surface area contributed by atoms with Crippen LogP contribution in [-0.2, 0) is 27.5 Å². The van der Waals surface area contributed by atoms with E-state index < -0.39 is 33.7 Å². The van der Waals surface area contributed by atoms with E-state index in [0.29, 0.717) is 43.2 Å². The van der Waals surface area contributed by atoms with Crippen LogP contribution >= 0.6 is 0 Å². The third kappa shape index (κ3) is 11.1. The van der Waals surface area contributed by atoms with E-state index in [1.54, 1.807) is 19.1 Å². The molecular formula is C37H48F3N3O7S. The Kier molecular flexibility index (Phi) is 13.8. The number of hydrogen-bond acceptors (Lipinski definition) is 8. The van der Waals surface area contributed by atoms with E-state index >= 15 is 0 Å². The van der Waals surface area contributed by atoms with Crippen molar-refractivity contribution in [3.05, 3.63) is 83.4 Å². The van der Waals surface area contributed by atoms with Crippen molar-refractivity contribution in [3.8, 4) is 11.5 Å². The van der Waals surface area contributed by atoms with Crippen molar-refractivity contribution in [2.45, 2.75) is 75.9 Å². The first-order chi connectivity index (χ1) is 24.1. The summed E-state index contributed by atoms with van der Waals surface area (Å²) >= 11 is 0. The van der Waals surface area contributed by atoms with Crippen LogP contribution in [0.25, 0.3) is 0 Å². The average Bonchev–Trinajstić information content (AvgIpc) is 3.09. The molecule has 2 N–H and O–H groups in total. The largest absolute Gasteiger partial charge is 0.497 e. The summed E-state index contributed by atoms with van der Waals surface area (Å²) in [6, 6.07) is 14.9. The zero-order valence-corrected chi connectivity index (χ0v) is 30.5. The zero-order valence-electron chi connectivity index (χ0n) is 29.7. The molecule has 0 spiro atoms. The summed E-state index contributed by atoms with van der Waals surface area (Å²) in [6.07, 6.45) is -2.81. The molecule has 1 amide bonds. The van der Waals surface area contributed by atoms with E-state index in [0.717, 1.165) is 25.0 Å². The molecule has 14 heteroatoms. The molecule has 1 aliphatic heterocycles. The number of aliphatic hydroxyl groups is 1. The summed E-state index contributed by atoms with van der Waals surface area (Å²) in [5, 5.41) is 10.2. The molecule has 3 aromatic carbocycles. The van der Waals surface area contributed by atoms with Crippen LogP contribution in [0.2, 0.25) is 0 Å². The first kappa shape index (κ1) is 39.9. The minimum absolute atomic E-state index is 0.0123. The predicted molar refractivity (Wildman–Crippen MR) is 188 cm³/mol. The van der Waals surface area contributed by atoms with Gasteiger partial charge in [-0.05, 0) is 100 Å². The Morgan fingerprint density at radius 2 is 1.75 bits per heavy atom. The van der Waals surface area contributed by atoms with Gasteiger partial charge in [0.15, 0.2) is 0 Å². The first-order valence-electron chi connectivity index (χ1n) is 17.0. The van der Waals surface area contributed by atoms with Crippen molar-refractivity contribution in [1.82, 2.24) is 9.80 Å². The Hall–Kier alpha value is -3.85. The van der Waals surface area contributed by atoms with Crippen LogP contribution in [0.3, 0.4) is 0 Å². The second-order valence-corrected chi connectivity index (χ2v) is 14.9. The molecule has 0 saturated heterocycles. The number of carbonyl (C=O) groups excluding carboxylic acids is 1. The Labute approximate surface area is 298 Å². The monoisotopic (exact) mass is 735 g/mol. The molecule has 0 bridgehead atoms. The minimum atomic E-state index is -4.41. The van der Waals surface area contributed by atoms with Crippen LogP contribution in [0.4, 0.5) is 18.9 Å². The fourth-order valence-corrected chi connectivity index (χ4v) is 6.95. The molecule has 10 nitrogen and oxygen atoms in total. The van der Waals surface area contributed by atoms with Crippen LogP contribution in [0.15, 0.2) is 71.6 Å². The number of ether oxygens (including phenoxy) is 3. The van der Waals surface area contributed by atoms with Crippen molar-refractivity contribution in [1.29, 1.82) is 0 Å². The molecule has 0 radical (unpaired) electrons. The Morgan fingerprint density at radius 3 is 2.37 bits per heavy atom. The van der Waals surface area contributed by atoms with Gasteiger partial charge < -0.3 is 24.2 Å². The fraction of sp³-hybridized carbons (Fsp3) is 0.486. The smallest absolute Gasteiger partial charge is 0.416 e. The highest BCUT2D eigenvalue weighted by Gasteiger charge is 2.32. The summed E-state index contributed by atoms with van der Waals surface area (Å²) in [6.45, 7) is 6.73. The maximum absolute atomic E-state index is 14.4. The summed E-state index contributed by atoms with van der Waals surface area (Å²) < 4.78 is 86.1. The molecule has 4 rings (SSSR count). The molecule has 0 aliphatic carbocycles. The standard InChI is InChI=1S/C37H48F3N3O7S/c1-25-21-43(26(2)24-44)36(45)33-20-30(41-51(46,47)32-16-14-31(48-5)15-17-32)13-18-34(33)50-27(3)8-6-7-19-49-35(25)23-42(4)22-28-9-11-29(12-10-28)37(38,39)40/h9-18,20,25-27,35,41,44H,6-8,19,21-24H2,1-5H3/t25-,26+,27+,35-/m1/s1. The van der Waals surface area contributed by atoms with Gasteiger partial charge in [-0.25, -0.2) is 8.42 Å². The number of likely N-dealkylation sites (N-methyl/N-ethyl adjacent to an activating group) is 1. The van der Waals surface area contributed by atoms with Gasteiger partial charge in [0.1, 0.15) is 11.5 Å². The van der Waals surface area contributed by atoms with Gasteiger partial charge in [-0.3, -0.25) is 14.4 Å². The van der Waals surface area contributed by atoms with Crippen LogP contribution in [-0.4, -0.2) is 87.9 Å². The van der Waals surface area contributed by atoms with Crippen LogP contribution in [0.5, 0.6) is 11.5 Å². The molecule has 280 valence electrons. The molecule has 1 heterocycles. The lowest BCUT2D eigenvalue weighted by molar-refractivity contribution is -0.137. The summed E-state index contributed by atoms with van der Waals surface area (Å²) in [5.41, 5.74) is 0.306. The van der Waals surface area contributed by atoms with Crippen LogP contribution in [0, 0.1) is 5.92 Å². The SMILES string of the molecule is COc1ccc(S(=O)(=O)Nc2ccc3c(c2)C(=O)N([C@@H](C)CO)C[C@@H](C)[C@@H](CN(C)Cc2ccc(C(F)(F)F)cc2)OCCCC[C@H](C)O3)cc1. The van der Waals surface area contributed by atoms with Gasteiger partial charge in [0.05, 0.1) is 48.0 Å². The maximum Gasteiger partial charge on any atom is 0.416 e. The van der Waals surface area contributed by atoms with E-state index in [9.17, 15) is 31.5 Å². The second kappa shape index (κ2) is 17.6. The molecule has 0 aromatic heterocycles. The van der Waals surface area contributed by atoms with Gasteiger partial charge in [0.2, 0.25) is 0 Å². The van der Waals surface area contributed by atoms with Gasteiger partial charge >= 0.3 is 6.18 Å². The van der Waals surface area contributed by atoms with Gasteiger partial charge in [-0.2, -0.15) is 13.2 Å². The van der Waals surface area contributed by atoms with Gasteiger partial charge in [-0.1, -0.05) is 19.1 Å². The molecule has 0 fully saturated rings. The van der Waals surface area contributed by atoms with Crippen molar-refractivity contribution in [3.63, 3.8) is 0 Å². The van der Waals surface area contributed by atoms with Gasteiger partial charge in [0.25, 0.3) is 15.9 Å². The van der Waals surface area contributed by atoms with Gasteiger partial charge in [-0.15, -0.1) is 0 Å². The minimum Gasteiger partial charge on any atom is -0.497 e. The number of hydrogen-bond donors (Lipinski definition) is 2. The highest BCUT2D eigenvalue weighted by Crippen LogP contribution is 2.31. The van der Waals surface area contributed by atoms with E-state index in [1.165, 1.54) is 54.5 Å². The number of alkyl halides is 3. The number of anilines is 1. The Balaban J connectivity index is 1.61. The number of sulfonamides is 1. The zero-order chi connectivity index (χ0) is 37.3. The lowest BCUT2D eigenvalue weighted by atomic mass is 10.0. The number of benzene rings is 3. The second-order valence-electron chi connectivity index (χ2n) is 13.2. The van der Waals surface area contributed by atoms with Crippen molar-refractivity contribution >= 4 is 21.6 Å². The Bertz CT molecular complexity index is 1690. The predicted octanol–water partition coefficient (Wildman–Crippen LogP) is 6.44. The fourth-order valence-electron chi connectivity index (χ4n) is 5.90. The number of carbonyl (C=O) groups is 1. The molecule has 3 aromatic rings.